The topological polar surface area (TPSA) is 258 Å². The molecule has 2 amide bonds. The fraction of sp³-hybridized carbons (Fsp3) is 0.133. The number of benzene rings is 4. The number of anilines is 2. The van der Waals surface area contributed by atoms with Gasteiger partial charge in [-0.3, -0.25) is 50.0 Å². The summed E-state index contributed by atoms with van der Waals surface area (Å²) in [6.07, 6.45) is 0. The first-order chi connectivity index (χ1) is 23.4. The average molecular weight is 677 g/mol. The summed E-state index contributed by atoms with van der Waals surface area (Å²) in [7, 11) is 0. The molecule has 4 aromatic carbocycles. The van der Waals surface area contributed by atoms with Gasteiger partial charge in [-0.15, -0.1) is 0 Å². The molecule has 0 aliphatic heterocycles. The number of carbonyl (C=O) groups is 2. The number of amides is 2. The standard InChI is InChI=1S/C30H24N6O13/c37-29(19-13-23(33(39)40)17-24(14-19)34(41)42)31-21-1-5-27(6-2-21)48-11-9-47-10-12-49-28-7-3-22(4-8-28)32-30(38)20-15-25(35(43)44)18-26(16-20)36(45)46/h1-8,13-18H,9-12H2,(H,31,37)(H,32,38). The summed E-state index contributed by atoms with van der Waals surface area (Å²) in [5, 5.41) is 49.3. The van der Waals surface area contributed by atoms with E-state index in [1.807, 2.05) is 0 Å². The lowest BCUT2D eigenvalue weighted by molar-refractivity contribution is -0.394. The molecule has 4 rings (SSSR count). The first-order valence-electron chi connectivity index (χ1n) is 13.9. The first-order valence-corrected chi connectivity index (χ1v) is 13.9. The van der Waals surface area contributed by atoms with Crippen molar-refractivity contribution in [3.05, 3.63) is 137 Å². The van der Waals surface area contributed by atoms with Crippen LogP contribution >= 0.6 is 0 Å². The van der Waals surface area contributed by atoms with Crippen LogP contribution in [-0.2, 0) is 4.74 Å². The van der Waals surface area contributed by atoms with Crippen molar-refractivity contribution in [2.24, 2.45) is 0 Å². The van der Waals surface area contributed by atoms with Crippen molar-refractivity contribution in [3.8, 4) is 11.5 Å². The lowest BCUT2D eigenvalue weighted by Crippen LogP contribution is -2.13. The number of hydrogen-bond acceptors (Lipinski definition) is 13. The minimum Gasteiger partial charge on any atom is -0.491 e. The molecule has 0 saturated heterocycles. The Morgan fingerprint density at radius 3 is 1.08 bits per heavy atom. The summed E-state index contributed by atoms with van der Waals surface area (Å²) in [6.45, 7) is 0.804. The molecule has 0 radical (unpaired) electrons. The normalized spacial score (nSPS) is 10.4. The largest absolute Gasteiger partial charge is 0.491 e. The molecule has 0 saturated carbocycles. The van der Waals surface area contributed by atoms with Crippen molar-refractivity contribution >= 4 is 45.9 Å². The molecule has 252 valence electrons. The minimum absolute atomic E-state index is 0.186. The molecule has 0 atom stereocenters. The van der Waals surface area contributed by atoms with E-state index < -0.39 is 54.3 Å². The highest BCUT2D eigenvalue weighted by molar-refractivity contribution is 6.05. The number of nitro groups is 4. The third-order valence-electron chi connectivity index (χ3n) is 6.39. The number of nitrogens with zero attached hydrogens (tertiary/aromatic N) is 4. The van der Waals surface area contributed by atoms with Crippen molar-refractivity contribution in [2.45, 2.75) is 0 Å². The molecule has 0 bridgehead atoms. The van der Waals surface area contributed by atoms with Crippen molar-refractivity contribution in [2.75, 3.05) is 37.1 Å². The van der Waals surface area contributed by atoms with Crippen molar-refractivity contribution < 1.29 is 43.5 Å². The Labute approximate surface area is 274 Å². The van der Waals surface area contributed by atoms with Crippen LogP contribution < -0.4 is 20.1 Å². The van der Waals surface area contributed by atoms with Crippen LogP contribution in [0.4, 0.5) is 34.1 Å². The van der Waals surface area contributed by atoms with Crippen LogP contribution in [0, 0.1) is 40.5 Å². The second kappa shape index (κ2) is 16.0. The van der Waals surface area contributed by atoms with Crippen LogP contribution in [0.1, 0.15) is 20.7 Å². The van der Waals surface area contributed by atoms with Crippen LogP contribution in [-0.4, -0.2) is 57.9 Å². The molecule has 4 aromatic rings. The van der Waals surface area contributed by atoms with E-state index in [-0.39, 0.29) is 37.6 Å². The zero-order valence-electron chi connectivity index (χ0n) is 25.0. The van der Waals surface area contributed by atoms with Gasteiger partial charge in [0.25, 0.3) is 34.6 Å². The van der Waals surface area contributed by atoms with E-state index in [1.54, 1.807) is 24.3 Å². The van der Waals surface area contributed by atoms with Gasteiger partial charge in [-0.1, -0.05) is 0 Å². The highest BCUT2D eigenvalue weighted by atomic mass is 16.6. The SMILES string of the molecule is O=C(Nc1ccc(OCCOCCOc2ccc(NC(=O)c3cc([N+](=O)[O-])cc([N+](=O)[O-])c3)cc2)cc1)c1cc([N+](=O)[O-])cc([N+](=O)[O-])c1. The molecule has 2 N–H and O–H groups in total. The molecule has 19 heteroatoms. The monoisotopic (exact) mass is 676 g/mol. The number of carbonyl (C=O) groups excluding carboxylic acids is 2. The average Bonchev–Trinajstić information content (AvgIpc) is 3.08. The van der Waals surface area contributed by atoms with Crippen molar-refractivity contribution in [1.82, 2.24) is 0 Å². The van der Waals surface area contributed by atoms with Crippen molar-refractivity contribution in [1.29, 1.82) is 0 Å². The van der Waals surface area contributed by atoms with Gasteiger partial charge >= 0.3 is 0 Å². The maximum absolute atomic E-state index is 12.5. The number of non-ortho nitro benzene ring substituents is 4. The highest BCUT2D eigenvalue weighted by Gasteiger charge is 2.21. The van der Waals surface area contributed by atoms with Crippen molar-refractivity contribution in [3.63, 3.8) is 0 Å². The van der Waals surface area contributed by atoms with Gasteiger partial charge in [0.2, 0.25) is 0 Å². The number of ether oxygens (including phenoxy) is 3. The molecule has 0 heterocycles. The number of nitro benzene ring substituents is 4. The number of hydrogen-bond donors (Lipinski definition) is 2. The van der Waals surface area contributed by atoms with E-state index in [4.69, 9.17) is 14.2 Å². The quantitative estimate of drug-likeness (QED) is 0.0868. The van der Waals surface area contributed by atoms with Gasteiger partial charge in [-0.05, 0) is 48.5 Å². The summed E-state index contributed by atoms with van der Waals surface area (Å²) in [4.78, 5) is 66.0. The molecule has 0 unspecified atom stereocenters. The third-order valence-corrected chi connectivity index (χ3v) is 6.39. The molecular weight excluding hydrogens is 652 g/mol. The Morgan fingerprint density at radius 1 is 0.490 bits per heavy atom. The summed E-state index contributed by atoms with van der Waals surface area (Å²) < 4.78 is 16.6. The summed E-state index contributed by atoms with van der Waals surface area (Å²) in [6, 6.07) is 17.6. The fourth-order valence-electron chi connectivity index (χ4n) is 4.09. The molecule has 0 aliphatic carbocycles. The second-order valence-electron chi connectivity index (χ2n) is 9.77. The van der Waals surface area contributed by atoms with Crippen LogP contribution in [0.3, 0.4) is 0 Å². The smallest absolute Gasteiger partial charge is 0.277 e. The van der Waals surface area contributed by atoms with E-state index in [0.29, 0.717) is 22.9 Å². The molecule has 0 spiro atoms. The van der Waals surface area contributed by atoms with Gasteiger partial charge in [0.1, 0.15) is 24.7 Å². The first kappa shape index (κ1) is 34.8. The van der Waals surface area contributed by atoms with Gasteiger partial charge in [-0.2, -0.15) is 0 Å². The van der Waals surface area contributed by atoms with E-state index in [0.717, 1.165) is 36.4 Å². The predicted octanol–water partition coefficient (Wildman–Crippen LogP) is 5.30. The predicted molar refractivity (Wildman–Crippen MR) is 170 cm³/mol. The van der Waals surface area contributed by atoms with E-state index >= 15 is 0 Å². The molecule has 19 nitrogen and oxygen atoms in total. The van der Waals surface area contributed by atoms with E-state index in [1.165, 1.54) is 24.3 Å². The van der Waals surface area contributed by atoms with Crippen LogP contribution in [0.5, 0.6) is 11.5 Å². The summed E-state index contributed by atoms with van der Waals surface area (Å²) in [5.41, 5.74) is -2.20. The van der Waals surface area contributed by atoms with E-state index in [9.17, 15) is 50.0 Å². The Balaban J connectivity index is 1.16. The molecule has 0 aliphatic rings. The zero-order valence-corrected chi connectivity index (χ0v) is 25.0. The van der Waals surface area contributed by atoms with Crippen LogP contribution in [0.2, 0.25) is 0 Å². The maximum Gasteiger partial charge on any atom is 0.277 e. The fourth-order valence-corrected chi connectivity index (χ4v) is 4.09. The maximum atomic E-state index is 12.5. The van der Waals surface area contributed by atoms with Gasteiger partial charge in [0.05, 0.1) is 56.2 Å². The summed E-state index contributed by atoms with van der Waals surface area (Å²) in [5.74, 6) is -0.626. The number of nitrogens with one attached hydrogen (secondary N) is 2. The summed E-state index contributed by atoms with van der Waals surface area (Å²) >= 11 is 0. The second-order valence-corrected chi connectivity index (χ2v) is 9.77. The van der Waals surface area contributed by atoms with Gasteiger partial charge in [0.15, 0.2) is 0 Å². The van der Waals surface area contributed by atoms with Gasteiger partial charge in [-0.25, -0.2) is 0 Å². The molecular formula is C30H24N6O13. The molecule has 49 heavy (non-hydrogen) atoms. The van der Waals surface area contributed by atoms with Gasteiger partial charge in [0, 0.05) is 35.6 Å². The Bertz CT molecular complexity index is 1700. The van der Waals surface area contributed by atoms with Gasteiger partial charge < -0.3 is 24.8 Å². The zero-order chi connectivity index (χ0) is 35.5. The molecule has 0 fully saturated rings. The third kappa shape index (κ3) is 9.98. The van der Waals surface area contributed by atoms with Crippen LogP contribution in [0.15, 0.2) is 84.9 Å². The lowest BCUT2D eigenvalue weighted by atomic mass is 10.1. The Kier molecular flexibility index (Phi) is 11.4. The van der Waals surface area contributed by atoms with Crippen LogP contribution in [0.25, 0.3) is 0 Å². The molecule has 0 aromatic heterocycles. The van der Waals surface area contributed by atoms with E-state index in [2.05, 4.69) is 10.6 Å². The number of rotatable bonds is 16. The highest BCUT2D eigenvalue weighted by Crippen LogP contribution is 2.25. The lowest BCUT2D eigenvalue weighted by Gasteiger charge is -2.10. The Morgan fingerprint density at radius 2 is 0.796 bits per heavy atom. The Hall–Kier alpha value is -7.02. The minimum atomic E-state index is -0.828.